The van der Waals surface area contributed by atoms with E-state index in [-0.39, 0.29) is 0 Å². The van der Waals surface area contributed by atoms with Crippen LogP contribution in [0.25, 0.3) is 0 Å². The van der Waals surface area contributed by atoms with Crippen molar-refractivity contribution in [2.24, 2.45) is 0 Å². The lowest BCUT2D eigenvalue weighted by molar-refractivity contribution is -0.00766. The van der Waals surface area contributed by atoms with Crippen molar-refractivity contribution in [2.45, 2.75) is 55.9 Å². The summed E-state index contributed by atoms with van der Waals surface area (Å²) in [6.07, 6.45) is 10.8. The number of likely N-dealkylation sites (N-methyl/N-ethyl adjacent to an activating group) is 1. The first-order valence-corrected chi connectivity index (χ1v) is 7.93. The van der Waals surface area contributed by atoms with E-state index >= 15 is 0 Å². The fourth-order valence-corrected chi connectivity index (χ4v) is 3.74. The van der Waals surface area contributed by atoms with Gasteiger partial charge in [-0.25, -0.2) is 0 Å². The van der Waals surface area contributed by atoms with E-state index in [0.29, 0.717) is 6.10 Å². The monoisotopic (exact) mass is 243 g/mol. The molecule has 2 rings (SSSR count). The van der Waals surface area contributed by atoms with Crippen molar-refractivity contribution in [1.29, 1.82) is 0 Å². The smallest absolute Gasteiger partial charge is 0.0702 e. The molecule has 1 heterocycles. The van der Waals surface area contributed by atoms with Gasteiger partial charge in [0, 0.05) is 24.4 Å². The standard InChI is InChI=1S/C13H25NOS/c1-14(10-12-5-3-4-8-15-12)11-6-7-13(9-11)16-2/h11-13H,3-10H2,1-2H3/t11-,12-,13-/m0/s1. The lowest BCUT2D eigenvalue weighted by atomic mass is 10.1. The Morgan fingerprint density at radius 1 is 1.25 bits per heavy atom. The third-order valence-corrected chi connectivity index (χ3v) is 5.17. The summed E-state index contributed by atoms with van der Waals surface area (Å²) in [5.74, 6) is 0. The van der Waals surface area contributed by atoms with Crippen LogP contribution in [0.5, 0.6) is 0 Å². The molecule has 0 amide bonds. The fourth-order valence-electron chi connectivity index (χ4n) is 2.95. The summed E-state index contributed by atoms with van der Waals surface area (Å²) >= 11 is 2.04. The second kappa shape index (κ2) is 6.27. The van der Waals surface area contributed by atoms with E-state index < -0.39 is 0 Å². The predicted molar refractivity (Wildman–Crippen MR) is 71.2 cm³/mol. The van der Waals surface area contributed by atoms with E-state index in [4.69, 9.17) is 4.74 Å². The molecule has 1 aliphatic carbocycles. The number of thioether (sulfide) groups is 1. The Morgan fingerprint density at radius 3 is 2.75 bits per heavy atom. The minimum absolute atomic E-state index is 0.507. The minimum atomic E-state index is 0.507. The van der Waals surface area contributed by atoms with Gasteiger partial charge in [-0.05, 0) is 51.8 Å². The van der Waals surface area contributed by atoms with E-state index in [9.17, 15) is 0 Å². The Kier molecular flexibility index (Phi) is 4.98. The highest BCUT2D eigenvalue weighted by atomic mass is 32.2. The van der Waals surface area contributed by atoms with Gasteiger partial charge in [-0.3, -0.25) is 0 Å². The number of hydrogen-bond donors (Lipinski definition) is 0. The minimum Gasteiger partial charge on any atom is -0.377 e. The molecule has 1 aliphatic heterocycles. The van der Waals surface area contributed by atoms with Crippen LogP contribution < -0.4 is 0 Å². The topological polar surface area (TPSA) is 12.5 Å². The first kappa shape index (κ1) is 12.7. The van der Waals surface area contributed by atoms with Gasteiger partial charge in [0.2, 0.25) is 0 Å². The summed E-state index contributed by atoms with van der Waals surface area (Å²) in [5, 5.41) is 0.903. The summed E-state index contributed by atoms with van der Waals surface area (Å²) in [4.78, 5) is 2.55. The lowest BCUT2D eigenvalue weighted by Crippen LogP contribution is -2.38. The molecule has 0 N–H and O–H groups in total. The molecule has 0 aromatic rings. The molecular weight excluding hydrogens is 218 g/mol. The summed E-state index contributed by atoms with van der Waals surface area (Å²) < 4.78 is 5.81. The van der Waals surface area contributed by atoms with Crippen molar-refractivity contribution in [3.8, 4) is 0 Å². The number of rotatable bonds is 4. The molecule has 16 heavy (non-hydrogen) atoms. The van der Waals surface area contributed by atoms with Crippen LogP contribution >= 0.6 is 11.8 Å². The Labute approximate surface area is 104 Å². The molecular formula is C13H25NOS. The van der Waals surface area contributed by atoms with Crippen LogP contribution in [0.15, 0.2) is 0 Å². The number of hydrogen-bond acceptors (Lipinski definition) is 3. The van der Waals surface area contributed by atoms with Crippen molar-refractivity contribution in [1.82, 2.24) is 4.90 Å². The Hall–Kier alpha value is 0.270. The SMILES string of the molecule is CS[C@H]1CC[C@H](N(C)C[C@@H]2CCCCO2)C1. The third-order valence-electron chi connectivity index (χ3n) is 4.08. The zero-order chi connectivity index (χ0) is 11.4. The Morgan fingerprint density at radius 2 is 2.12 bits per heavy atom. The second-order valence-electron chi connectivity index (χ2n) is 5.25. The van der Waals surface area contributed by atoms with Crippen molar-refractivity contribution in [3.05, 3.63) is 0 Å². The van der Waals surface area contributed by atoms with Crippen molar-refractivity contribution in [2.75, 3.05) is 26.5 Å². The van der Waals surface area contributed by atoms with Crippen molar-refractivity contribution in [3.63, 3.8) is 0 Å². The third kappa shape index (κ3) is 3.38. The average molecular weight is 243 g/mol. The quantitative estimate of drug-likeness (QED) is 0.753. The molecule has 2 nitrogen and oxygen atoms in total. The van der Waals surface area contributed by atoms with Gasteiger partial charge in [0.05, 0.1) is 6.10 Å². The Bertz CT molecular complexity index is 206. The van der Waals surface area contributed by atoms with Crippen LogP contribution in [0.4, 0.5) is 0 Å². The van der Waals surface area contributed by atoms with E-state index in [1.165, 1.54) is 38.5 Å². The molecule has 3 atom stereocenters. The lowest BCUT2D eigenvalue weighted by Gasteiger charge is -2.31. The molecule has 1 saturated carbocycles. The number of nitrogens with zero attached hydrogens (tertiary/aromatic N) is 1. The van der Waals surface area contributed by atoms with E-state index in [1.54, 1.807) is 0 Å². The van der Waals surface area contributed by atoms with Crippen LogP contribution in [-0.2, 0) is 4.74 Å². The molecule has 0 bridgehead atoms. The van der Waals surface area contributed by atoms with Crippen molar-refractivity contribution >= 4 is 11.8 Å². The highest BCUT2D eigenvalue weighted by molar-refractivity contribution is 7.99. The predicted octanol–water partition coefficient (Wildman–Crippen LogP) is 2.77. The molecule has 1 saturated heterocycles. The van der Waals surface area contributed by atoms with Gasteiger partial charge in [0.15, 0.2) is 0 Å². The van der Waals surface area contributed by atoms with Gasteiger partial charge in [-0.1, -0.05) is 0 Å². The highest BCUT2D eigenvalue weighted by Crippen LogP contribution is 2.31. The Balaban J connectivity index is 1.72. The molecule has 94 valence electrons. The van der Waals surface area contributed by atoms with Crippen LogP contribution in [0.3, 0.4) is 0 Å². The van der Waals surface area contributed by atoms with Crippen LogP contribution in [0, 0.1) is 0 Å². The maximum atomic E-state index is 5.81. The zero-order valence-electron chi connectivity index (χ0n) is 10.7. The molecule has 0 aromatic heterocycles. The first-order valence-electron chi connectivity index (χ1n) is 6.64. The summed E-state index contributed by atoms with van der Waals surface area (Å²) in [7, 11) is 2.28. The molecule has 3 heteroatoms. The fraction of sp³-hybridized carbons (Fsp3) is 1.00. The molecule has 0 unspecified atom stereocenters. The molecule has 0 aromatic carbocycles. The highest BCUT2D eigenvalue weighted by Gasteiger charge is 2.28. The van der Waals surface area contributed by atoms with E-state index in [2.05, 4.69) is 18.2 Å². The summed E-state index contributed by atoms with van der Waals surface area (Å²) in [5.41, 5.74) is 0. The maximum absolute atomic E-state index is 5.81. The molecule has 0 spiro atoms. The van der Waals surface area contributed by atoms with Crippen LogP contribution in [0.2, 0.25) is 0 Å². The number of ether oxygens (including phenoxy) is 1. The van der Waals surface area contributed by atoms with E-state index in [0.717, 1.165) is 24.4 Å². The van der Waals surface area contributed by atoms with Crippen molar-refractivity contribution < 1.29 is 4.74 Å². The van der Waals surface area contributed by atoms with E-state index in [1.807, 2.05) is 11.8 Å². The van der Waals surface area contributed by atoms with Gasteiger partial charge in [-0.15, -0.1) is 0 Å². The van der Waals surface area contributed by atoms with Gasteiger partial charge in [0.1, 0.15) is 0 Å². The average Bonchev–Trinajstić information content (AvgIpc) is 2.79. The zero-order valence-corrected chi connectivity index (χ0v) is 11.5. The second-order valence-corrected chi connectivity index (χ2v) is 6.39. The maximum Gasteiger partial charge on any atom is 0.0702 e. The largest absolute Gasteiger partial charge is 0.377 e. The van der Waals surface area contributed by atoms with Gasteiger partial charge in [-0.2, -0.15) is 11.8 Å². The molecule has 2 fully saturated rings. The summed E-state index contributed by atoms with van der Waals surface area (Å²) in [6.45, 7) is 2.13. The summed E-state index contributed by atoms with van der Waals surface area (Å²) in [6, 6.07) is 0.808. The van der Waals surface area contributed by atoms with Crippen LogP contribution in [0.1, 0.15) is 38.5 Å². The van der Waals surface area contributed by atoms with Gasteiger partial charge in [0.25, 0.3) is 0 Å². The van der Waals surface area contributed by atoms with Crippen LogP contribution in [-0.4, -0.2) is 48.8 Å². The van der Waals surface area contributed by atoms with Gasteiger partial charge < -0.3 is 9.64 Å². The normalized spacial score (nSPS) is 35.8. The van der Waals surface area contributed by atoms with Gasteiger partial charge >= 0.3 is 0 Å². The first-order chi connectivity index (χ1) is 7.79. The molecule has 2 aliphatic rings. The molecule has 0 radical (unpaired) electrons.